The summed E-state index contributed by atoms with van der Waals surface area (Å²) in [6.07, 6.45) is 5.18. The first-order valence-corrected chi connectivity index (χ1v) is 25.9. The zero-order chi connectivity index (χ0) is 56.4. The second kappa shape index (κ2) is 25.1. The third-order valence-corrected chi connectivity index (χ3v) is 13.5. The molecule has 4 N–H and O–H groups in total. The van der Waals surface area contributed by atoms with Crippen molar-refractivity contribution in [2.24, 2.45) is 5.41 Å². The highest BCUT2D eigenvalue weighted by molar-refractivity contribution is 5.97. The van der Waals surface area contributed by atoms with E-state index < -0.39 is 94.7 Å². The van der Waals surface area contributed by atoms with E-state index in [0.29, 0.717) is 5.56 Å². The van der Waals surface area contributed by atoms with Crippen molar-refractivity contribution in [3.8, 4) is 0 Å². The van der Waals surface area contributed by atoms with Crippen LogP contribution in [0.4, 0.5) is 9.59 Å². The zero-order valence-electron chi connectivity index (χ0n) is 46.7. The van der Waals surface area contributed by atoms with Gasteiger partial charge in [-0.2, -0.15) is 0 Å². The van der Waals surface area contributed by atoms with Crippen LogP contribution in [0.15, 0.2) is 72.8 Å². The number of nitrogens with zero attached hydrogens (tertiary/aromatic N) is 3. The number of hydrogen-bond donors (Lipinski definition) is 4. The Labute approximate surface area is 448 Å². The molecule has 7 amide bonds. The lowest BCUT2D eigenvalue weighted by Crippen LogP contribution is -2.60. The molecule has 1 saturated heterocycles. The number of hydrogen-bond acceptors (Lipinski definition) is 11. The highest BCUT2D eigenvalue weighted by Gasteiger charge is 2.46. The fourth-order valence-electron chi connectivity index (χ4n) is 8.85. The average Bonchev–Trinajstić information content (AvgIpc) is 3.78. The Morgan fingerprint density at radius 1 is 0.711 bits per heavy atom. The van der Waals surface area contributed by atoms with Crippen molar-refractivity contribution in [1.29, 1.82) is 0 Å². The molecule has 1 heterocycles. The van der Waals surface area contributed by atoms with E-state index in [1.54, 1.807) is 72.7 Å². The van der Waals surface area contributed by atoms with Crippen LogP contribution in [0.2, 0.25) is 0 Å². The lowest BCUT2D eigenvalue weighted by Gasteiger charge is -2.37. The number of amides is 7. The molecule has 0 bridgehead atoms. The summed E-state index contributed by atoms with van der Waals surface area (Å²) in [5.74, 6) is -3.02. The van der Waals surface area contributed by atoms with Crippen molar-refractivity contribution in [2.75, 3.05) is 27.7 Å². The lowest BCUT2D eigenvalue weighted by atomic mass is 9.85. The van der Waals surface area contributed by atoms with E-state index in [1.165, 1.54) is 37.9 Å². The van der Waals surface area contributed by atoms with Gasteiger partial charge in [-0.15, -0.1) is 0 Å². The molecule has 2 aliphatic rings. The Morgan fingerprint density at radius 2 is 1.24 bits per heavy atom. The first-order chi connectivity index (χ1) is 35.5. The maximum absolute atomic E-state index is 14.8. The number of rotatable bonds is 16. The van der Waals surface area contributed by atoms with Gasteiger partial charge in [-0.1, -0.05) is 93.6 Å². The molecule has 5 rings (SSSR count). The summed E-state index contributed by atoms with van der Waals surface area (Å²) in [7, 11) is 4.14. The minimum Gasteiger partial charge on any atom is -0.467 e. The maximum Gasteiger partial charge on any atom is 0.410 e. The fraction of sp³-hybridized carbons (Fsp3) is 0.517. The molecule has 1 aliphatic carbocycles. The van der Waals surface area contributed by atoms with Gasteiger partial charge < -0.3 is 40.4 Å². The standard InChI is InChI=1S/C58H79N7O11/c1-35(63(12)54(72)75-57(6,7)8)48(66)61-45(53(71)74-14)32-39-26-24-37(25-27-39)22-23-38-28-30-41(31-29-38)50(68)59-42-33-46(51(69)60-44-21-17-19-40-18-15-16-20-43(40)44)65(34-42)52(70)47(56(3,4)5)62-49(67)36(2)64(13)55(73)76-58(9,10)11/h15-16,18,20,22-31,35-36,42,44-47H,17,19,21,32-34H2,1-14H3,(H,59,68)(H,60,69)(H,61,66)(H,62,67)/b23-22+/t35-,36-,42-,44+,45-,46-,47?/m0/s1. The molecule has 0 aromatic heterocycles. The first kappa shape index (κ1) is 59.6. The SMILES string of the molecule is COC(=O)[C@H](Cc1ccc(/C=C/c2ccc(C(=O)N[C@H]3C[C@@H](C(=O)N[C@@H]4CCCc5ccccc54)N(C(=O)C(NC(=O)[C@H](C)N(C)C(=O)OC(C)(C)C)C(C)(C)C)C3)cc2)cc1)NC(=O)[C@H](C)N(C)C(=O)OC(C)(C)C. The van der Waals surface area contributed by atoms with Gasteiger partial charge in [-0.25, -0.2) is 14.4 Å². The van der Waals surface area contributed by atoms with Crippen molar-refractivity contribution >= 4 is 59.8 Å². The number of likely N-dealkylation sites (N-methyl/N-ethyl adjacent to an activating group) is 2. The molecule has 1 aliphatic heterocycles. The Hall–Kier alpha value is -7.24. The highest BCUT2D eigenvalue weighted by atomic mass is 16.6. The summed E-state index contributed by atoms with van der Waals surface area (Å²) < 4.78 is 15.8. The maximum atomic E-state index is 14.8. The van der Waals surface area contributed by atoms with Crippen LogP contribution in [-0.4, -0.2) is 138 Å². The molecule has 412 valence electrons. The predicted octanol–water partition coefficient (Wildman–Crippen LogP) is 6.99. The molecule has 0 saturated carbocycles. The summed E-state index contributed by atoms with van der Waals surface area (Å²) in [6, 6.07) is 16.5. The molecule has 18 heteroatoms. The molecule has 1 unspecified atom stereocenters. The number of ether oxygens (including phenoxy) is 3. The molecular formula is C58H79N7O11. The van der Waals surface area contributed by atoms with Gasteiger partial charge in [0.05, 0.1) is 13.2 Å². The molecular weight excluding hydrogens is 971 g/mol. The Morgan fingerprint density at radius 3 is 1.76 bits per heavy atom. The third kappa shape index (κ3) is 16.4. The Balaban J connectivity index is 1.26. The molecule has 18 nitrogen and oxygen atoms in total. The fourth-order valence-corrected chi connectivity index (χ4v) is 8.85. The van der Waals surface area contributed by atoms with E-state index >= 15 is 0 Å². The minimum atomic E-state index is -1.11. The van der Waals surface area contributed by atoms with E-state index in [-0.39, 0.29) is 31.3 Å². The van der Waals surface area contributed by atoms with E-state index in [4.69, 9.17) is 14.2 Å². The minimum absolute atomic E-state index is 0.00394. The van der Waals surface area contributed by atoms with Gasteiger partial charge in [0.15, 0.2) is 0 Å². The van der Waals surface area contributed by atoms with Gasteiger partial charge in [0.2, 0.25) is 23.6 Å². The average molecular weight is 1050 g/mol. The first-order valence-electron chi connectivity index (χ1n) is 25.9. The number of methoxy groups -OCH3 is 1. The van der Waals surface area contributed by atoms with Gasteiger partial charge in [-0.05, 0) is 126 Å². The quantitative estimate of drug-likeness (QED) is 0.0650. The molecule has 7 atom stereocenters. The van der Waals surface area contributed by atoms with Crippen LogP contribution < -0.4 is 21.3 Å². The lowest BCUT2D eigenvalue weighted by molar-refractivity contribution is -0.145. The molecule has 76 heavy (non-hydrogen) atoms. The largest absolute Gasteiger partial charge is 0.467 e. The number of nitrogens with one attached hydrogen (secondary N) is 4. The summed E-state index contributed by atoms with van der Waals surface area (Å²) in [5.41, 5.74) is 2.59. The second-order valence-corrected chi connectivity index (χ2v) is 22.9. The van der Waals surface area contributed by atoms with Crippen LogP contribution >= 0.6 is 0 Å². The molecule has 0 radical (unpaired) electrons. The van der Waals surface area contributed by atoms with Crippen molar-refractivity contribution in [2.45, 2.75) is 162 Å². The van der Waals surface area contributed by atoms with Gasteiger partial charge in [-0.3, -0.25) is 33.8 Å². The number of likely N-dealkylation sites (tertiary alicyclic amines) is 1. The molecule has 3 aromatic carbocycles. The number of carbonyl (C=O) groups excluding carboxylic acids is 8. The van der Waals surface area contributed by atoms with E-state index in [1.807, 2.05) is 75.4 Å². The predicted molar refractivity (Wildman–Crippen MR) is 289 cm³/mol. The van der Waals surface area contributed by atoms with Gasteiger partial charge in [0.1, 0.15) is 41.4 Å². The van der Waals surface area contributed by atoms with Crippen LogP contribution in [0.3, 0.4) is 0 Å². The van der Waals surface area contributed by atoms with Crippen molar-refractivity contribution in [1.82, 2.24) is 36.0 Å². The van der Waals surface area contributed by atoms with Crippen molar-refractivity contribution in [3.05, 3.63) is 106 Å². The second-order valence-electron chi connectivity index (χ2n) is 22.9. The molecule has 0 spiro atoms. The van der Waals surface area contributed by atoms with Crippen molar-refractivity contribution < 1.29 is 52.6 Å². The van der Waals surface area contributed by atoms with Crippen LogP contribution in [-0.2, 0) is 51.0 Å². The number of carbonyl (C=O) groups is 8. The smallest absolute Gasteiger partial charge is 0.410 e. The molecule has 3 aromatic rings. The normalized spacial score (nSPS) is 18.2. The summed E-state index contributed by atoms with van der Waals surface area (Å²) >= 11 is 0. The van der Waals surface area contributed by atoms with E-state index in [0.717, 1.165) is 52.0 Å². The highest BCUT2D eigenvalue weighted by Crippen LogP contribution is 2.32. The monoisotopic (exact) mass is 1050 g/mol. The number of aryl methyl sites for hydroxylation is 1. The zero-order valence-corrected chi connectivity index (χ0v) is 46.7. The molecule has 1 fully saturated rings. The van der Waals surface area contributed by atoms with Crippen LogP contribution in [0.25, 0.3) is 12.2 Å². The Kier molecular flexibility index (Phi) is 19.7. The topological polar surface area (TPSA) is 222 Å². The summed E-state index contributed by atoms with van der Waals surface area (Å²) in [6.45, 7) is 18.9. The number of benzene rings is 3. The summed E-state index contributed by atoms with van der Waals surface area (Å²) in [4.78, 5) is 112. The van der Waals surface area contributed by atoms with Crippen LogP contribution in [0, 0.1) is 5.41 Å². The number of fused-ring (bicyclic) bond motifs is 1. The van der Waals surface area contributed by atoms with E-state index in [9.17, 15) is 38.4 Å². The van der Waals surface area contributed by atoms with Gasteiger partial charge >= 0.3 is 18.2 Å². The van der Waals surface area contributed by atoms with Gasteiger partial charge in [0.25, 0.3) is 5.91 Å². The van der Waals surface area contributed by atoms with Crippen LogP contribution in [0.5, 0.6) is 0 Å². The third-order valence-electron chi connectivity index (χ3n) is 13.5. The Bertz CT molecular complexity index is 2610. The van der Waals surface area contributed by atoms with E-state index in [2.05, 4.69) is 27.3 Å². The van der Waals surface area contributed by atoms with Crippen molar-refractivity contribution in [3.63, 3.8) is 0 Å². The van der Waals surface area contributed by atoms with Crippen LogP contribution in [0.1, 0.15) is 140 Å². The summed E-state index contributed by atoms with van der Waals surface area (Å²) in [5, 5.41) is 11.9. The van der Waals surface area contributed by atoms with Gasteiger partial charge in [0, 0.05) is 38.7 Å². The number of esters is 1.